The van der Waals surface area contributed by atoms with Crippen LogP contribution in [0, 0.1) is 0 Å². The molecule has 0 atom stereocenters. The molecule has 9 rings (SSSR count). The van der Waals surface area contributed by atoms with Crippen LogP contribution in [-0.4, -0.2) is 15.0 Å². The molecule has 230 valence electrons. The maximum Gasteiger partial charge on any atom is 0.164 e. The summed E-state index contributed by atoms with van der Waals surface area (Å²) >= 11 is 0. The second-order valence-corrected chi connectivity index (χ2v) is 11.1. The quantitative estimate of drug-likeness (QED) is 0.188. The normalized spacial score (nSPS) is 23.0. The summed E-state index contributed by atoms with van der Waals surface area (Å²) < 4.78 is 195. The maximum absolute atomic E-state index is 9.64. The van der Waals surface area contributed by atoms with Crippen LogP contribution >= 0.6 is 0 Å². The van der Waals surface area contributed by atoms with E-state index in [1.165, 1.54) is 12.1 Å². The number of hydrogen-bond donors (Lipinski definition) is 0. The van der Waals surface area contributed by atoms with Crippen molar-refractivity contribution in [3.05, 3.63) is 162 Å². The fourth-order valence-corrected chi connectivity index (χ4v) is 6.15. The molecule has 0 aliphatic heterocycles. The van der Waals surface area contributed by atoms with Gasteiger partial charge in [0.15, 0.2) is 17.5 Å². The van der Waals surface area contributed by atoms with Crippen LogP contribution in [0.1, 0.15) is 73.3 Å². The Balaban J connectivity index is 1.34. The van der Waals surface area contributed by atoms with Gasteiger partial charge in [0.1, 0.15) is 0 Å². The van der Waals surface area contributed by atoms with Gasteiger partial charge < -0.3 is 0 Å². The van der Waals surface area contributed by atoms with E-state index in [2.05, 4.69) is 15.0 Å². The molecule has 0 saturated heterocycles. The van der Waals surface area contributed by atoms with Gasteiger partial charge in [-0.05, 0) is 75.4 Å². The summed E-state index contributed by atoms with van der Waals surface area (Å²) in [6, 6.07) is -3.42. The van der Waals surface area contributed by atoms with E-state index in [1.54, 1.807) is 30.3 Å². The number of hydrogen-bond acceptors (Lipinski definition) is 3. The highest BCUT2D eigenvalue weighted by molar-refractivity contribution is 5.85. The van der Waals surface area contributed by atoms with Crippen molar-refractivity contribution in [3.8, 4) is 67.5 Å². The van der Waals surface area contributed by atoms with Crippen LogP contribution in [0.15, 0.2) is 151 Å². The van der Waals surface area contributed by atoms with Crippen LogP contribution in [0.2, 0.25) is 0 Å². The molecule has 0 amide bonds. The molecular formula is C45H35N3. The molecular weight excluding hydrogens is 583 g/mol. The van der Waals surface area contributed by atoms with Gasteiger partial charge in [0.2, 0.25) is 0 Å². The van der Waals surface area contributed by atoms with E-state index < -0.39 is 172 Å². The minimum absolute atomic E-state index is 0.0179. The highest BCUT2D eigenvalue weighted by Crippen LogP contribution is 2.56. The topological polar surface area (TPSA) is 38.7 Å². The Kier molecular flexibility index (Phi) is 3.41. The number of benzene rings is 6. The summed E-state index contributed by atoms with van der Waals surface area (Å²) in [5, 5.41) is 0. The van der Waals surface area contributed by atoms with E-state index in [1.807, 2.05) is 0 Å². The lowest BCUT2D eigenvalue weighted by atomic mass is 9.67. The SMILES string of the molecule is [2H]c1c([2H])c([2H])c(-c2nc(-c3c([2H])c([2H])c([2H])c([2H])c3[2H])nc(-c3c([2H])c([2H])c([2H])c(-c4c([2H])c([2H])c([2H])c(-c5ccc6c(c5)C5(c7ccccc7-6)C([2H])([2H])CCCC5([2H])[2H])c4[2H])c3[2H])n2)c([2H])c1[2H]. The van der Waals surface area contributed by atoms with E-state index in [0.29, 0.717) is 16.7 Å². The third-order valence-electron chi connectivity index (χ3n) is 8.27. The summed E-state index contributed by atoms with van der Waals surface area (Å²) in [4.78, 5) is 12.8. The minimum atomic E-state index is -2.14. The van der Waals surface area contributed by atoms with Gasteiger partial charge in [-0.3, -0.25) is 0 Å². The Morgan fingerprint density at radius 2 is 0.958 bits per heavy atom. The zero-order valence-corrected chi connectivity index (χ0v) is 25.0. The van der Waals surface area contributed by atoms with E-state index in [0.717, 1.165) is 0 Å². The molecule has 1 heterocycles. The van der Waals surface area contributed by atoms with E-state index >= 15 is 0 Å². The van der Waals surface area contributed by atoms with Gasteiger partial charge in [0, 0.05) is 27.6 Å². The molecule has 0 unspecified atom stereocenters. The fourth-order valence-electron chi connectivity index (χ4n) is 6.15. The van der Waals surface area contributed by atoms with Crippen LogP contribution in [0.3, 0.4) is 0 Å². The van der Waals surface area contributed by atoms with Gasteiger partial charge in [-0.15, -0.1) is 0 Å². The molecule has 48 heavy (non-hydrogen) atoms. The van der Waals surface area contributed by atoms with Gasteiger partial charge >= 0.3 is 0 Å². The summed E-state index contributed by atoms with van der Waals surface area (Å²) in [5.74, 6) is -2.28. The Morgan fingerprint density at radius 1 is 0.458 bits per heavy atom. The average Bonchev–Trinajstić information content (AvgIpc) is 3.62. The van der Waals surface area contributed by atoms with Crippen LogP contribution in [-0.2, 0) is 5.41 Å². The van der Waals surface area contributed by atoms with Crippen molar-refractivity contribution < 1.29 is 30.2 Å². The monoisotopic (exact) mass is 639 g/mol. The summed E-state index contributed by atoms with van der Waals surface area (Å²) in [5.41, 5.74) is -3.77. The van der Waals surface area contributed by atoms with Crippen LogP contribution in [0.4, 0.5) is 0 Å². The van der Waals surface area contributed by atoms with E-state index in [-0.39, 0.29) is 36.0 Å². The van der Waals surface area contributed by atoms with Gasteiger partial charge in [0.05, 0.1) is 24.7 Å². The first-order valence-electron chi connectivity index (χ1n) is 26.1. The Hall–Kier alpha value is -5.67. The number of nitrogens with zero attached hydrogens (tertiary/aromatic N) is 3. The molecule has 2 aliphatic rings. The van der Waals surface area contributed by atoms with Crippen molar-refractivity contribution in [2.75, 3.05) is 0 Å². The van der Waals surface area contributed by atoms with E-state index in [9.17, 15) is 8.22 Å². The highest BCUT2D eigenvalue weighted by atomic mass is 15.0. The number of rotatable bonds is 5. The smallest absolute Gasteiger partial charge is 0.164 e. The summed E-state index contributed by atoms with van der Waals surface area (Å²) in [6.07, 6.45) is -3.98. The van der Waals surface area contributed by atoms with Crippen molar-refractivity contribution in [2.24, 2.45) is 0 Å². The zero-order chi connectivity index (χ0) is 51.2. The highest BCUT2D eigenvalue weighted by Gasteiger charge is 2.43. The molecule has 1 fully saturated rings. The number of aromatic nitrogens is 3. The molecule has 0 N–H and O–H groups in total. The summed E-state index contributed by atoms with van der Waals surface area (Å²) in [6.45, 7) is 0. The van der Waals surface area contributed by atoms with Gasteiger partial charge in [0.25, 0.3) is 0 Å². The predicted octanol–water partition coefficient (Wildman–Crippen LogP) is 11.4. The van der Waals surface area contributed by atoms with Gasteiger partial charge in [-0.2, -0.15) is 0 Å². The van der Waals surface area contributed by atoms with E-state index in [4.69, 9.17) is 21.9 Å². The summed E-state index contributed by atoms with van der Waals surface area (Å²) in [7, 11) is 0. The Morgan fingerprint density at radius 3 is 1.60 bits per heavy atom. The molecule has 6 aromatic carbocycles. The molecule has 3 nitrogen and oxygen atoms in total. The first-order chi connectivity index (χ1) is 32.7. The largest absolute Gasteiger partial charge is 0.208 e. The predicted molar refractivity (Wildman–Crippen MR) is 196 cm³/mol. The van der Waals surface area contributed by atoms with Crippen molar-refractivity contribution >= 4 is 0 Å². The molecule has 1 aromatic heterocycles. The lowest BCUT2D eigenvalue weighted by Gasteiger charge is -2.36. The molecule has 0 radical (unpaired) electrons. The second kappa shape index (κ2) is 11.8. The molecule has 3 heteroatoms. The standard InChI is InChI=1S/C45H35N3/c1-4-14-31(15-5-1)42-46-43(32-16-6-2-7-17-32)48-44(47-42)37-21-13-20-35(29-37)33-18-12-19-34(28-33)36-24-25-39-38-22-8-9-23-40(38)45(41(39)30-36)26-10-3-11-27-45/h1-2,4-9,12-25,28-30H,3,10-11,26-27H2/i1D,2D,4D,5D,6D,7D,12D,13D,14D,15D,16D,17D,18D,19D,20D,21D,26D2,27D2,28D,29D. The molecule has 2 aliphatic carbocycles. The van der Waals surface area contributed by atoms with Crippen molar-refractivity contribution in [1.82, 2.24) is 15.0 Å². The molecule has 7 aromatic rings. The first-order valence-corrected chi connectivity index (χ1v) is 15.1. The van der Waals surface area contributed by atoms with Crippen LogP contribution in [0.5, 0.6) is 0 Å². The second-order valence-electron chi connectivity index (χ2n) is 11.1. The van der Waals surface area contributed by atoms with Gasteiger partial charge in [-0.1, -0.05) is 152 Å². The lowest BCUT2D eigenvalue weighted by molar-refractivity contribution is 0.353. The van der Waals surface area contributed by atoms with Crippen molar-refractivity contribution in [2.45, 2.75) is 37.4 Å². The third kappa shape index (κ3) is 4.94. The lowest BCUT2D eigenvalue weighted by Crippen LogP contribution is -2.28. The molecule has 0 bridgehead atoms. The molecule has 1 saturated carbocycles. The zero-order valence-electron chi connectivity index (χ0n) is 47.0. The number of fused-ring (bicyclic) bond motifs is 5. The third-order valence-corrected chi connectivity index (χ3v) is 8.27. The Bertz CT molecular complexity index is 3320. The van der Waals surface area contributed by atoms with Gasteiger partial charge in [-0.25, -0.2) is 15.0 Å². The average molecular weight is 640 g/mol. The van der Waals surface area contributed by atoms with Crippen molar-refractivity contribution in [1.29, 1.82) is 0 Å². The van der Waals surface area contributed by atoms with Crippen LogP contribution in [0.25, 0.3) is 67.5 Å². The Labute approximate surface area is 313 Å². The van der Waals surface area contributed by atoms with Crippen molar-refractivity contribution in [3.63, 3.8) is 0 Å². The maximum atomic E-state index is 9.64. The minimum Gasteiger partial charge on any atom is -0.208 e. The first kappa shape index (κ1) is 13.8. The fraction of sp³-hybridized carbons (Fsp3) is 0.133. The molecule has 1 spiro atoms. The van der Waals surface area contributed by atoms with Crippen LogP contribution < -0.4 is 0 Å².